The highest BCUT2D eigenvalue weighted by Crippen LogP contribution is 2.25. The summed E-state index contributed by atoms with van der Waals surface area (Å²) in [5.74, 6) is 0.125. The van der Waals surface area contributed by atoms with Crippen LogP contribution in [0.3, 0.4) is 0 Å². The predicted octanol–water partition coefficient (Wildman–Crippen LogP) is 3.51. The van der Waals surface area contributed by atoms with Crippen molar-refractivity contribution in [3.63, 3.8) is 0 Å². The van der Waals surface area contributed by atoms with Crippen LogP contribution >= 0.6 is 11.6 Å². The zero-order chi connectivity index (χ0) is 16.4. The number of hydrogen-bond acceptors (Lipinski definition) is 2. The number of amides is 1. The van der Waals surface area contributed by atoms with E-state index >= 15 is 0 Å². The van der Waals surface area contributed by atoms with Gasteiger partial charge in [0.25, 0.3) is 5.91 Å². The normalized spacial score (nSPS) is 10.9. The second-order valence-corrected chi connectivity index (χ2v) is 5.92. The minimum atomic E-state index is -0.121. The van der Waals surface area contributed by atoms with Crippen LogP contribution in [-0.4, -0.2) is 22.1 Å². The monoisotopic (exact) mass is 328 g/mol. The highest BCUT2D eigenvalue weighted by Gasteiger charge is 2.09. The summed E-state index contributed by atoms with van der Waals surface area (Å²) in [6.07, 6.45) is 2.72. The number of nitrogens with one attached hydrogen (secondary N) is 1. The zero-order valence-electron chi connectivity index (χ0n) is 12.7. The molecule has 5 heteroatoms. The fourth-order valence-corrected chi connectivity index (χ4v) is 2.80. The van der Waals surface area contributed by atoms with Crippen molar-refractivity contribution in [2.75, 3.05) is 6.54 Å². The summed E-state index contributed by atoms with van der Waals surface area (Å²) in [5.41, 5.74) is 2.74. The highest BCUT2D eigenvalue weighted by atomic mass is 35.5. The van der Waals surface area contributed by atoms with Gasteiger partial charge in [-0.2, -0.15) is 0 Å². The Morgan fingerprint density at radius 3 is 2.70 bits per heavy atom. The van der Waals surface area contributed by atoms with Crippen LogP contribution in [0.5, 0.6) is 5.75 Å². The van der Waals surface area contributed by atoms with E-state index in [9.17, 15) is 9.90 Å². The van der Waals surface area contributed by atoms with Gasteiger partial charge >= 0.3 is 0 Å². The van der Waals surface area contributed by atoms with Gasteiger partial charge in [-0.1, -0.05) is 11.6 Å². The maximum Gasteiger partial charge on any atom is 0.251 e. The lowest BCUT2D eigenvalue weighted by Crippen LogP contribution is -2.25. The number of aryl methyl sites for hydroxylation is 1. The number of aromatic hydroxyl groups is 1. The zero-order valence-corrected chi connectivity index (χ0v) is 13.5. The third kappa shape index (κ3) is 3.32. The first kappa shape index (κ1) is 15.4. The summed E-state index contributed by atoms with van der Waals surface area (Å²) in [5, 5.41) is 14.2. The van der Waals surface area contributed by atoms with Gasteiger partial charge in [-0.3, -0.25) is 4.79 Å². The molecule has 0 spiro atoms. The van der Waals surface area contributed by atoms with Crippen molar-refractivity contribution in [1.82, 2.24) is 9.88 Å². The van der Waals surface area contributed by atoms with Gasteiger partial charge in [-0.25, -0.2) is 0 Å². The maximum atomic E-state index is 12.1. The first-order valence-electron chi connectivity index (χ1n) is 7.35. The topological polar surface area (TPSA) is 54.3 Å². The molecule has 1 heterocycles. The van der Waals surface area contributed by atoms with E-state index in [2.05, 4.69) is 5.32 Å². The molecule has 1 amide bonds. The Kier molecular flexibility index (Phi) is 4.26. The van der Waals surface area contributed by atoms with Crippen molar-refractivity contribution < 1.29 is 9.90 Å². The molecule has 1 aromatic heterocycles. The Balaban J connectivity index is 1.68. The minimum Gasteiger partial charge on any atom is -0.508 e. The molecular formula is C18H17ClN2O2. The number of carbonyl (C=O) groups is 1. The fraction of sp³-hybridized carbons (Fsp3) is 0.167. The number of halogens is 1. The van der Waals surface area contributed by atoms with Crippen LogP contribution in [0.25, 0.3) is 10.9 Å². The largest absolute Gasteiger partial charge is 0.508 e. The Labute approximate surface area is 139 Å². The van der Waals surface area contributed by atoms with Crippen LogP contribution in [0.15, 0.2) is 48.7 Å². The molecule has 0 aliphatic rings. The van der Waals surface area contributed by atoms with Crippen LogP contribution in [0.1, 0.15) is 15.9 Å². The van der Waals surface area contributed by atoms with E-state index in [4.69, 9.17) is 11.6 Å². The molecule has 0 saturated heterocycles. The Morgan fingerprint density at radius 1 is 1.22 bits per heavy atom. The molecule has 118 valence electrons. The molecule has 0 saturated carbocycles. The number of rotatable bonds is 4. The predicted molar refractivity (Wildman–Crippen MR) is 92.1 cm³/mol. The molecule has 2 aromatic carbocycles. The molecule has 4 nitrogen and oxygen atoms in total. The Bertz CT molecular complexity index is 853. The lowest BCUT2D eigenvalue weighted by atomic mass is 10.1. The van der Waals surface area contributed by atoms with Crippen molar-refractivity contribution in [2.24, 2.45) is 7.05 Å². The van der Waals surface area contributed by atoms with Gasteiger partial charge < -0.3 is 15.0 Å². The van der Waals surface area contributed by atoms with Gasteiger partial charge in [-0.05, 0) is 54.4 Å². The van der Waals surface area contributed by atoms with Crippen LogP contribution < -0.4 is 5.32 Å². The molecule has 0 atom stereocenters. The van der Waals surface area contributed by atoms with Gasteiger partial charge in [0.05, 0.1) is 0 Å². The molecule has 3 rings (SSSR count). The van der Waals surface area contributed by atoms with Crippen molar-refractivity contribution in [1.29, 1.82) is 0 Å². The summed E-state index contributed by atoms with van der Waals surface area (Å²) in [6.45, 7) is 0.524. The molecular weight excluding hydrogens is 312 g/mol. The molecule has 0 radical (unpaired) electrons. The summed E-state index contributed by atoms with van der Waals surface area (Å²) >= 11 is 5.82. The van der Waals surface area contributed by atoms with Gasteiger partial charge in [-0.15, -0.1) is 0 Å². The smallest absolute Gasteiger partial charge is 0.251 e. The van der Waals surface area contributed by atoms with Crippen LogP contribution in [0.4, 0.5) is 0 Å². The summed E-state index contributed by atoms with van der Waals surface area (Å²) < 4.78 is 2.02. The van der Waals surface area contributed by atoms with Gasteiger partial charge in [0, 0.05) is 41.3 Å². The lowest BCUT2D eigenvalue weighted by molar-refractivity contribution is 0.0954. The molecule has 0 fully saturated rings. The number of aromatic nitrogens is 1. The number of phenols is 1. The average Bonchev–Trinajstić information content (AvgIpc) is 2.83. The first-order valence-corrected chi connectivity index (χ1v) is 7.73. The molecule has 0 aliphatic carbocycles. The third-order valence-corrected chi connectivity index (χ3v) is 4.09. The van der Waals surface area contributed by atoms with Crippen LogP contribution in [-0.2, 0) is 13.5 Å². The van der Waals surface area contributed by atoms with E-state index in [1.165, 1.54) is 0 Å². The van der Waals surface area contributed by atoms with Crippen molar-refractivity contribution in [2.45, 2.75) is 6.42 Å². The average molecular weight is 329 g/mol. The van der Waals surface area contributed by atoms with E-state index in [0.29, 0.717) is 23.6 Å². The summed E-state index contributed by atoms with van der Waals surface area (Å²) in [7, 11) is 1.97. The third-order valence-electron chi connectivity index (χ3n) is 3.84. The quantitative estimate of drug-likeness (QED) is 0.770. The lowest BCUT2D eigenvalue weighted by Gasteiger charge is -2.05. The molecule has 0 bridgehead atoms. The fourth-order valence-electron chi connectivity index (χ4n) is 2.67. The number of hydrogen-bond donors (Lipinski definition) is 2. The number of benzene rings is 2. The number of carbonyl (C=O) groups excluding carboxylic acids is 1. The maximum absolute atomic E-state index is 12.1. The molecule has 0 unspecified atom stereocenters. The molecule has 23 heavy (non-hydrogen) atoms. The standard InChI is InChI=1S/C18H17ClN2O2/c1-21-11-13(16-10-15(22)6-7-17(16)21)8-9-20-18(23)12-2-4-14(19)5-3-12/h2-7,10-11,22H,8-9H2,1H3,(H,20,23). The number of fused-ring (bicyclic) bond motifs is 1. The second kappa shape index (κ2) is 6.34. The number of nitrogens with zero attached hydrogens (tertiary/aromatic N) is 1. The minimum absolute atomic E-state index is 0.121. The van der Waals surface area contributed by atoms with Crippen molar-refractivity contribution in [3.8, 4) is 5.75 Å². The van der Waals surface area contributed by atoms with Crippen molar-refractivity contribution >= 4 is 28.4 Å². The van der Waals surface area contributed by atoms with E-state index in [0.717, 1.165) is 16.5 Å². The summed E-state index contributed by atoms with van der Waals surface area (Å²) in [4.78, 5) is 12.1. The Hall–Kier alpha value is -2.46. The van der Waals surface area contributed by atoms with Gasteiger partial charge in [0.15, 0.2) is 0 Å². The van der Waals surface area contributed by atoms with Crippen LogP contribution in [0.2, 0.25) is 5.02 Å². The molecule has 0 aliphatic heterocycles. The van der Waals surface area contributed by atoms with E-state index in [1.807, 2.05) is 23.9 Å². The molecule has 3 aromatic rings. The summed E-state index contributed by atoms with van der Waals surface area (Å²) in [6, 6.07) is 12.1. The van der Waals surface area contributed by atoms with Crippen molar-refractivity contribution in [3.05, 3.63) is 64.8 Å². The van der Waals surface area contributed by atoms with Crippen LogP contribution in [0, 0.1) is 0 Å². The van der Waals surface area contributed by atoms with E-state index in [1.54, 1.807) is 36.4 Å². The second-order valence-electron chi connectivity index (χ2n) is 5.48. The van der Waals surface area contributed by atoms with E-state index < -0.39 is 0 Å². The highest BCUT2D eigenvalue weighted by molar-refractivity contribution is 6.30. The van der Waals surface area contributed by atoms with E-state index in [-0.39, 0.29) is 11.7 Å². The number of phenolic OH excluding ortho intramolecular Hbond substituents is 1. The SMILES string of the molecule is Cn1cc(CCNC(=O)c2ccc(Cl)cc2)c2cc(O)ccc21. The van der Waals surface area contributed by atoms with Gasteiger partial charge in [0.2, 0.25) is 0 Å². The first-order chi connectivity index (χ1) is 11.0. The Morgan fingerprint density at radius 2 is 1.96 bits per heavy atom. The molecule has 2 N–H and O–H groups in total. The van der Waals surface area contributed by atoms with Gasteiger partial charge in [0.1, 0.15) is 5.75 Å².